The highest BCUT2D eigenvalue weighted by molar-refractivity contribution is 9.10. The molecule has 0 spiro atoms. The van der Waals surface area contributed by atoms with Crippen molar-refractivity contribution < 1.29 is 5.11 Å². The van der Waals surface area contributed by atoms with Gasteiger partial charge in [-0.05, 0) is 65.0 Å². The van der Waals surface area contributed by atoms with Crippen LogP contribution in [0.3, 0.4) is 0 Å². The van der Waals surface area contributed by atoms with Crippen molar-refractivity contribution in [2.75, 3.05) is 0 Å². The number of aliphatic hydroxyl groups is 1. The van der Waals surface area contributed by atoms with Crippen LogP contribution in [-0.2, 0) is 12.0 Å². The van der Waals surface area contributed by atoms with Crippen LogP contribution in [0.15, 0.2) is 41.1 Å². The molecule has 0 aliphatic carbocycles. The van der Waals surface area contributed by atoms with Gasteiger partial charge in [-0.1, -0.05) is 18.2 Å². The first-order valence-corrected chi connectivity index (χ1v) is 7.07. The first-order chi connectivity index (χ1) is 8.88. The Kier molecular flexibility index (Phi) is 4.07. The number of hydrogen-bond acceptors (Lipinski definition) is 2. The molecule has 2 nitrogen and oxygen atoms in total. The van der Waals surface area contributed by atoms with Crippen LogP contribution in [0.5, 0.6) is 0 Å². The molecule has 1 aromatic carbocycles. The van der Waals surface area contributed by atoms with Crippen molar-refractivity contribution in [3.05, 3.63) is 63.4 Å². The summed E-state index contributed by atoms with van der Waals surface area (Å²) in [5.74, 6) is 0. The highest BCUT2D eigenvalue weighted by Gasteiger charge is 2.24. The second kappa shape index (κ2) is 5.43. The Balaban J connectivity index is 2.29. The van der Waals surface area contributed by atoms with Crippen molar-refractivity contribution in [3.63, 3.8) is 0 Å². The van der Waals surface area contributed by atoms with Gasteiger partial charge in [-0.15, -0.1) is 0 Å². The van der Waals surface area contributed by atoms with Crippen molar-refractivity contribution >= 4 is 15.9 Å². The van der Waals surface area contributed by atoms with Crippen molar-refractivity contribution in [2.45, 2.75) is 32.8 Å². The summed E-state index contributed by atoms with van der Waals surface area (Å²) >= 11 is 3.40. The summed E-state index contributed by atoms with van der Waals surface area (Å²) in [6.07, 6.45) is 4.08. The lowest BCUT2D eigenvalue weighted by Crippen LogP contribution is -2.24. The molecular formula is C16H18BrNO. The molecule has 0 fully saturated rings. The van der Waals surface area contributed by atoms with Crippen LogP contribution in [0.25, 0.3) is 0 Å². The molecule has 0 saturated heterocycles. The molecule has 2 aromatic rings. The Hall–Kier alpha value is -1.19. The highest BCUT2D eigenvalue weighted by atomic mass is 79.9. The van der Waals surface area contributed by atoms with Crippen LogP contribution in [0.4, 0.5) is 0 Å². The van der Waals surface area contributed by atoms with Crippen molar-refractivity contribution in [3.8, 4) is 0 Å². The molecule has 0 aliphatic rings. The first-order valence-electron chi connectivity index (χ1n) is 6.28. The third-order valence-corrected chi connectivity index (χ3v) is 3.87. The molecule has 1 atom stereocenters. The fraction of sp³-hybridized carbons (Fsp3) is 0.312. The molecule has 0 radical (unpaired) electrons. The number of aromatic nitrogens is 1. The number of nitrogens with zero attached hydrogens (tertiary/aromatic N) is 1. The molecule has 3 heteroatoms. The zero-order valence-corrected chi connectivity index (χ0v) is 13.0. The van der Waals surface area contributed by atoms with Crippen LogP contribution in [0, 0.1) is 13.8 Å². The summed E-state index contributed by atoms with van der Waals surface area (Å²) in [6.45, 7) is 5.99. The van der Waals surface area contributed by atoms with Gasteiger partial charge in [0.1, 0.15) is 0 Å². The van der Waals surface area contributed by atoms with Gasteiger partial charge in [0.2, 0.25) is 0 Å². The zero-order valence-electron chi connectivity index (χ0n) is 11.4. The van der Waals surface area contributed by atoms with Gasteiger partial charge < -0.3 is 5.11 Å². The SMILES string of the molecule is Cc1ccc(C(C)(O)Cc2cncc(Br)c2)cc1C. The zero-order chi connectivity index (χ0) is 14.0. The maximum atomic E-state index is 10.7. The number of halogens is 1. The molecule has 0 saturated carbocycles. The fourth-order valence-corrected chi connectivity index (χ4v) is 2.54. The number of hydrogen-bond donors (Lipinski definition) is 1. The van der Waals surface area contributed by atoms with Crippen LogP contribution >= 0.6 is 15.9 Å². The summed E-state index contributed by atoms with van der Waals surface area (Å²) < 4.78 is 0.931. The fourth-order valence-electron chi connectivity index (χ4n) is 2.13. The monoisotopic (exact) mass is 319 g/mol. The second-order valence-electron chi connectivity index (χ2n) is 5.26. The Morgan fingerprint density at radius 3 is 2.53 bits per heavy atom. The predicted octanol–water partition coefficient (Wildman–Crippen LogP) is 3.91. The lowest BCUT2D eigenvalue weighted by Gasteiger charge is -2.24. The largest absolute Gasteiger partial charge is 0.385 e. The van der Waals surface area contributed by atoms with E-state index < -0.39 is 5.60 Å². The number of rotatable bonds is 3. The van der Waals surface area contributed by atoms with Crippen molar-refractivity contribution in [1.29, 1.82) is 0 Å². The molecule has 0 aliphatic heterocycles. The minimum absolute atomic E-state index is 0.544. The summed E-state index contributed by atoms with van der Waals surface area (Å²) in [5, 5.41) is 10.7. The molecule has 0 amide bonds. The van der Waals surface area contributed by atoms with Crippen molar-refractivity contribution in [2.24, 2.45) is 0 Å². The van der Waals surface area contributed by atoms with Gasteiger partial charge in [-0.25, -0.2) is 0 Å². The topological polar surface area (TPSA) is 33.1 Å². The van der Waals surface area contributed by atoms with E-state index in [2.05, 4.69) is 46.9 Å². The van der Waals surface area contributed by atoms with E-state index in [1.54, 1.807) is 12.4 Å². The molecule has 0 bridgehead atoms. The normalized spacial score (nSPS) is 14.2. The predicted molar refractivity (Wildman–Crippen MR) is 81.1 cm³/mol. The van der Waals surface area contributed by atoms with E-state index in [4.69, 9.17) is 0 Å². The van der Waals surface area contributed by atoms with Crippen LogP contribution < -0.4 is 0 Å². The molecule has 1 unspecified atom stereocenters. The average Bonchev–Trinajstić information content (AvgIpc) is 2.32. The van der Waals surface area contributed by atoms with Crippen LogP contribution in [0.1, 0.15) is 29.2 Å². The smallest absolute Gasteiger partial charge is 0.0909 e. The Morgan fingerprint density at radius 1 is 1.16 bits per heavy atom. The number of pyridine rings is 1. The lowest BCUT2D eigenvalue weighted by molar-refractivity contribution is 0.0574. The van der Waals surface area contributed by atoms with E-state index in [9.17, 15) is 5.11 Å². The number of aryl methyl sites for hydroxylation is 2. The maximum absolute atomic E-state index is 10.7. The Labute approximate surface area is 122 Å². The third-order valence-electron chi connectivity index (χ3n) is 3.44. The van der Waals surface area contributed by atoms with Gasteiger partial charge in [-0.2, -0.15) is 0 Å². The molecule has 2 rings (SSSR count). The van der Waals surface area contributed by atoms with E-state index >= 15 is 0 Å². The third kappa shape index (κ3) is 3.43. The highest BCUT2D eigenvalue weighted by Crippen LogP contribution is 2.27. The van der Waals surface area contributed by atoms with Gasteiger partial charge in [0.15, 0.2) is 0 Å². The van der Waals surface area contributed by atoms with Gasteiger partial charge in [0.05, 0.1) is 5.60 Å². The number of benzene rings is 1. The Bertz CT molecular complexity index is 593. The van der Waals surface area contributed by atoms with Crippen LogP contribution in [-0.4, -0.2) is 10.1 Å². The standard InChI is InChI=1S/C16H18BrNO/c1-11-4-5-14(6-12(11)2)16(3,19)8-13-7-15(17)10-18-9-13/h4-7,9-10,19H,8H2,1-3H3. The molecule has 19 heavy (non-hydrogen) atoms. The summed E-state index contributed by atoms with van der Waals surface area (Å²) in [7, 11) is 0. The van der Waals surface area contributed by atoms with Crippen molar-refractivity contribution in [1.82, 2.24) is 4.98 Å². The maximum Gasteiger partial charge on any atom is 0.0909 e. The van der Waals surface area contributed by atoms with Gasteiger partial charge in [0, 0.05) is 23.3 Å². The summed E-state index contributed by atoms with van der Waals surface area (Å²) in [4.78, 5) is 4.14. The quantitative estimate of drug-likeness (QED) is 0.930. The first kappa shape index (κ1) is 14.2. The lowest BCUT2D eigenvalue weighted by atomic mass is 9.88. The van der Waals surface area contributed by atoms with Crippen LogP contribution in [0.2, 0.25) is 0 Å². The summed E-state index contributed by atoms with van der Waals surface area (Å²) in [6, 6.07) is 8.09. The van der Waals surface area contributed by atoms with E-state index in [1.807, 2.05) is 19.1 Å². The Morgan fingerprint density at radius 2 is 1.89 bits per heavy atom. The van der Waals surface area contributed by atoms with E-state index in [0.717, 1.165) is 15.6 Å². The molecule has 100 valence electrons. The minimum atomic E-state index is -0.888. The average molecular weight is 320 g/mol. The second-order valence-corrected chi connectivity index (χ2v) is 6.18. The van der Waals surface area contributed by atoms with E-state index in [1.165, 1.54) is 11.1 Å². The molecular weight excluding hydrogens is 302 g/mol. The summed E-state index contributed by atoms with van der Waals surface area (Å²) in [5.41, 5.74) is 3.50. The molecule has 1 heterocycles. The van der Waals surface area contributed by atoms with E-state index in [-0.39, 0.29) is 0 Å². The van der Waals surface area contributed by atoms with Gasteiger partial charge >= 0.3 is 0 Å². The van der Waals surface area contributed by atoms with E-state index in [0.29, 0.717) is 6.42 Å². The molecule has 1 aromatic heterocycles. The molecule has 1 N–H and O–H groups in total. The van der Waals surface area contributed by atoms with Gasteiger partial charge in [-0.3, -0.25) is 4.98 Å². The minimum Gasteiger partial charge on any atom is -0.385 e. The van der Waals surface area contributed by atoms with Gasteiger partial charge in [0.25, 0.3) is 0 Å².